The Morgan fingerprint density at radius 1 is 1.39 bits per heavy atom. The maximum atomic E-state index is 12.4. The minimum absolute atomic E-state index is 0. The standard InChI is InChI=1S/C14H16BrClN2O3S.ClH/c15-11(16)8-6-22-13-9(17-7-4-2-1-3-5-7)12(19)18(13)10(8)14(20)21;/h9,11,13H,1-6H2,(H,20,21);1H/t9-,11?,13+;/m1./s1. The normalized spacial score (nSPS) is 28.5. The Balaban J connectivity index is 0.00000192. The number of nitrogens with zero attached hydrogens (tertiary/aromatic N) is 2. The quantitative estimate of drug-likeness (QED) is 0.536. The first-order chi connectivity index (χ1) is 10.5. The zero-order chi connectivity index (χ0) is 15.9. The van der Waals surface area contributed by atoms with Gasteiger partial charge in [-0.3, -0.25) is 14.7 Å². The number of hydrogen-bond donors (Lipinski definition) is 1. The van der Waals surface area contributed by atoms with Gasteiger partial charge in [-0.2, -0.15) is 0 Å². The predicted molar refractivity (Wildman–Crippen MR) is 97.9 cm³/mol. The predicted octanol–water partition coefficient (Wildman–Crippen LogP) is 3.40. The molecule has 3 aliphatic rings. The van der Waals surface area contributed by atoms with Crippen molar-refractivity contribution in [1.29, 1.82) is 0 Å². The molecule has 2 fully saturated rings. The number of carboxylic acids is 1. The third kappa shape index (κ3) is 3.57. The van der Waals surface area contributed by atoms with E-state index in [-0.39, 0.29) is 29.4 Å². The molecule has 3 atom stereocenters. The van der Waals surface area contributed by atoms with Crippen molar-refractivity contribution in [1.82, 2.24) is 4.90 Å². The molecule has 1 amide bonds. The number of aliphatic imine (C=N–C) groups is 1. The van der Waals surface area contributed by atoms with Gasteiger partial charge in [-0.15, -0.1) is 35.8 Å². The van der Waals surface area contributed by atoms with Crippen molar-refractivity contribution < 1.29 is 14.7 Å². The highest BCUT2D eigenvalue weighted by molar-refractivity contribution is 9.10. The minimum Gasteiger partial charge on any atom is -0.477 e. The molecule has 2 heterocycles. The molecule has 9 heteroatoms. The number of β-lactam (4-membered cyclic amide) rings is 1. The molecule has 1 saturated carbocycles. The zero-order valence-electron chi connectivity index (χ0n) is 12.2. The van der Waals surface area contributed by atoms with E-state index in [1.54, 1.807) is 0 Å². The summed E-state index contributed by atoms with van der Waals surface area (Å²) in [5.74, 6) is -0.839. The fourth-order valence-corrected chi connectivity index (χ4v) is 5.30. The van der Waals surface area contributed by atoms with Gasteiger partial charge in [0.05, 0.1) is 0 Å². The minimum atomic E-state index is -1.11. The molecule has 3 rings (SSSR count). The summed E-state index contributed by atoms with van der Waals surface area (Å²) in [6.45, 7) is 0. The summed E-state index contributed by atoms with van der Waals surface area (Å²) >= 11 is 10.7. The summed E-state index contributed by atoms with van der Waals surface area (Å²) in [4.78, 5) is 29.9. The molecule has 5 nitrogen and oxygen atoms in total. The van der Waals surface area contributed by atoms with Crippen molar-refractivity contribution in [3.8, 4) is 0 Å². The molecule has 0 aromatic carbocycles. The highest BCUT2D eigenvalue weighted by Crippen LogP contribution is 2.44. The van der Waals surface area contributed by atoms with Gasteiger partial charge < -0.3 is 5.11 Å². The summed E-state index contributed by atoms with van der Waals surface area (Å²) in [7, 11) is 0. The second kappa shape index (κ2) is 7.76. The van der Waals surface area contributed by atoms with Gasteiger partial charge in [0, 0.05) is 11.5 Å². The highest BCUT2D eigenvalue weighted by atomic mass is 79.9. The van der Waals surface area contributed by atoms with E-state index in [9.17, 15) is 14.7 Å². The van der Waals surface area contributed by atoms with Gasteiger partial charge in [0.15, 0.2) is 6.04 Å². The first-order valence-electron chi connectivity index (χ1n) is 7.25. The number of amides is 1. The average Bonchev–Trinajstić information content (AvgIpc) is 2.51. The van der Waals surface area contributed by atoms with E-state index >= 15 is 0 Å². The fourth-order valence-electron chi connectivity index (χ4n) is 3.06. The van der Waals surface area contributed by atoms with Crippen LogP contribution < -0.4 is 0 Å². The smallest absolute Gasteiger partial charge is 0.352 e. The Bertz CT molecular complexity index is 574. The van der Waals surface area contributed by atoms with Gasteiger partial charge in [-0.1, -0.05) is 22.4 Å². The van der Waals surface area contributed by atoms with Crippen LogP contribution >= 0.6 is 51.7 Å². The number of rotatable bonds is 3. The monoisotopic (exact) mass is 442 g/mol. The lowest BCUT2D eigenvalue weighted by molar-refractivity contribution is -0.147. The van der Waals surface area contributed by atoms with Crippen LogP contribution in [0.1, 0.15) is 32.1 Å². The number of hydrogen-bond acceptors (Lipinski definition) is 4. The third-order valence-corrected chi connectivity index (χ3v) is 6.29. The zero-order valence-corrected chi connectivity index (χ0v) is 16.2. The SMILES string of the molecule is Cl.O=C(O)C1=C(C(Cl)Br)CS[C@H]2[C@H](N=C3CCCCC3)C(=O)N12. The molecule has 0 bridgehead atoms. The molecule has 0 radical (unpaired) electrons. The van der Waals surface area contributed by atoms with E-state index in [2.05, 4.69) is 20.9 Å². The van der Waals surface area contributed by atoms with E-state index in [0.29, 0.717) is 11.3 Å². The lowest BCUT2D eigenvalue weighted by Crippen LogP contribution is -2.64. The Morgan fingerprint density at radius 2 is 2.04 bits per heavy atom. The molecule has 2 aliphatic heterocycles. The average molecular weight is 444 g/mol. The summed E-state index contributed by atoms with van der Waals surface area (Å²) in [5, 5.41) is 9.22. The number of fused-ring (bicyclic) bond motifs is 1. The van der Waals surface area contributed by atoms with Gasteiger partial charge in [-0.05, 0) is 31.3 Å². The third-order valence-electron chi connectivity index (χ3n) is 4.19. The first-order valence-corrected chi connectivity index (χ1v) is 9.65. The molecule has 0 aromatic heterocycles. The number of carboxylic acid groups (broad SMARTS) is 1. The number of halogens is 3. The maximum Gasteiger partial charge on any atom is 0.352 e. The van der Waals surface area contributed by atoms with Crippen molar-refractivity contribution in [2.75, 3.05) is 5.75 Å². The van der Waals surface area contributed by atoms with Crippen LogP contribution in [-0.2, 0) is 9.59 Å². The van der Waals surface area contributed by atoms with E-state index < -0.39 is 16.3 Å². The van der Waals surface area contributed by atoms with Crippen LogP contribution in [-0.4, -0.2) is 49.0 Å². The Labute approximate surface area is 158 Å². The molecule has 23 heavy (non-hydrogen) atoms. The summed E-state index contributed by atoms with van der Waals surface area (Å²) < 4.78 is -0.580. The molecular weight excluding hydrogens is 427 g/mol. The van der Waals surface area contributed by atoms with Crippen molar-refractivity contribution in [3.05, 3.63) is 11.3 Å². The van der Waals surface area contributed by atoms with E-state index in [0.717, 1.165) is 31.4 Å². The summed E-state index contributed by atoms with van der Waals surface area (Å²) in [6.07, 6.45) is 5.39. The molecule has 1 saturated heterocycles. The molecule has 0 aromatic rings. The van der Waals surface area contributed by atoms with Crippen molar-refractivity contribution in [2.24, 2.45) is 4.99 Å². The van der Waals surface area contributed by atoms with Gasteiger partial charge in [0.25, 0.3) is 5.91 Å². The molecular formula is C14H17BrCl2N2O3S. The van der Waals surface area contributed by atoms with Gasteiger partial charge in [0.1, 0.15) is 15.4 Å². The Hall–Kier alpha value is -0.240. The van der Waals surface area contributed by atoms with Crippen LogP contribution in [0.15, 0.2) is 16.3 Å². The van der Waals surface area contributed by atoms with Crippen molar-refractivity contribution in [3.63, 3.8) is 0 Å². The molecule has 1 aliphatic carbocycles. The van der Waals surface area contributed by atoms with Crippen LogP contribution in [0.25, 0.3) is 0 Å². The van der Waals surface area contributed by atoms with Gasteiger partial charge in [0.2, 0.25) is 0 Å². The number of aliphatic carboxylic acids is 1. The van der Waals surface area contributed by atoms with Crippen LogP contribution in [0.2, 0.25) is 0 Å². The highest BCUT2D eigenvalue weighted by Gasteiger charge is 2.54. The molecule has 128 valence electrons. The second-order valence-electron chi connectivity index (χ2n) is 5.59. The Morgan fingerprint density at radius 3 is 2.61 bits per heavy atom. The van der Waals surface area contributed by atoms with E-state index in [1.165, 1.54) is 23.1 Å². The van der Waals surface area contributed by atoms with E-state index in [1.807, 2.05) is 0 Å². The molecule has 1 unspecified atom stereocenters. The molecule has 1 N–H and O–H groups in total. The number of carbonyl (C=O) groups is 2. The van der Waals surface area contributed by atoms with Crippen LogP contribution in [0.5, 0.6) is 0 Å². The first kappa shape index (κ1) is 19.1. The van der Waals surface area contributed by atoms with Crippen LogP contribution in [0, 0.1) is 0 Å². The summed E-state index contributed by atoms with van der Waals surface area (Å²) in [6, 6.07) is -0.432. The van der Waals surface area contributed by atoms with Crippen LogP contribution in [0.3, 0.4) is 0 Å². The summed E-state index contributed by atoms with van der Waals surface area (Å²) in [5.41, 5.74) is 1.66. The largest absolute Gasteiger partial charge is 0.477 e. The second-order valence-corrected chi connectivity index (χ2v) is 8.57. The van der Waals surface area contributed by atoms with Gasteiger partial charge >= 0.3 is 5.97 Å². The van der Waals surface area contributed by atoms with Crippen LogP contribution in [0.4, 0.5) is 0 Å². The molecule has 0 spiro atoms. The van der Waals surface area contributed by atoms with Gasteiger partial charge in [-0.25, -0.2) is 4.79 Å². The number of alkyl halides is 2. The Kier molecular flexibility index (Phi) is 6.44. The van der Waals surface area contributed by atoms with Crippen molar-refractivity contribution >= 4 is 69.3 Å². The lowest BCUT2D eigenvalue weighted by atomic mass is 9.97. The number of thioether (sulfide) groups is 1. The fraction of sp³-hybridized carbons (Fsp3) is 0.643. The van der Waals surface area contributed by atoms with Crippen molar-refractivity contribution in [2.45, 2.75) is 47.8 Å². The number of carbonyl (C=O) groups excluding carboxylic acids is 1. The topological polar surface area (TPSA) is 70.0 Å². The lowest BCUT2D eigenvalue weighted by Gasteiger charge is -2.48. The van der Waals surface area contributed by atoms with E-state index in [4.69, 9.17) is 11.6 Å². The maximum absolute atomic E-state index is 12.4.